The minimum Gasteiger partial charge on any atom is -0.444 e. The summed E-state index contributed by atoms with van der Waals surface area (Å²) < 4.78 is 50.8. The fraction of sp³-hybridized carbons (Fsp3) is 0.324. The SMILES string of the molecule is CCc1cc(NC(=O)OC(C)(C)C)c2nccc(N3CCc4c(cc(Cn5ccnc5)cc4-c4cn(C)nc4C(F)(F)F)C3=O)c2c1. The number of hydrogen-bond donors (Lipinski definition) is 1. The Bertz CT molecular complexity index is 1990. The molecule has 10 nitrogen and oxygen atoms in total. The maximum atomic E-state index is 14.4. The Balaban J connectivity index is 1.47. The Morgan fingerprint density at radius 1 is 1.04 bits per heavy atom. The van der Waals surface area contributed by atoms with Gasteiger partial charge in [-0.05, 0) is 86.2 Å². The number of alkyl halides is 3. The van der Waals surface area contributed by atoms with Crippen LogP contribution < -0.4 is 10.2 Å². The highest BCUT2D eigenvalue weighted by Gasteiger charge is 2.39. The number of carbonyl (C=O) groups excluding carboxylic acids is 2. The average Bonchev–Trinajstić information content (AvgIpc) is 3.65. The van der Waals surface area contributed by atoms with Gasteiger partial charge in [-0.3, -0.25) is 19.8 Å². The molecule has 0 saturated carbocycles. The number of amides is 2. The van der Waals surface area contributed by atoms with Crippen molar-refractivity contribution in [2.45, 2.75) is 58.9 Å². The number of anilines is 2. The number of ether oxygens (including phenoxy) is 1. The molecule has 2 aromatic carbocycles. The quantitative estimate of drug-likeness (QED) is 0.213. The van der Waals surface area contributed by atoms with Crippen LogP contribution >= 0.6 is 0 Å². The molecular formula is C34H34F3N7O3. The van der Waals surface area contributed by atoms with Gasteiger partial charge < -0.3 is 14.2 Å². The van der Waals surface area contributed by atoms with Crippen LogP contribution in [0.1, 0.15) is 60.4 Å². The molecule has 1 aliphatic rings. The predicted octanol–water partition coefficient (Wildman–Crippen LogP) is 7.01. The van der Waals surface area contributed by atoms with Gasteiger partial charge in [0, 0.05) is 61.4 Å². The van der Waals surface area contributed by atoms with Crippen LogP contribution in [0.4, 0.5) is 29.3 Å². The topological polar surface area (TPSA) is 107 Å². The smallest absolute Gasteiger partial charge is 0.435 e. The maximum absolute atomic E-state index is 14.4. The highest BCUT2D eigenvalue weighted by molar-refractivity contribution is 6.14. The number of aromatic nitrogens is 5. The zero-order valence-corrected chi connectivity index (χ0v) is 26.6. The van der Waals surface area contributed by atoms with Gasteiger partial charge in [-0.1, -0.05) is 6.92 Å². The van der Waals surface area contributed by atoms with Crippen LogP contribution in [0.5, 0.6) is 0 Å². The Morgan fingerprint density at radius 3 is 2.49 bits per heavy atom. The second-order valence-electron chi connectivity index (χ2n) is 12.5. The van der Waals surface area contributed by atoms with E-state index < -0.39 is 23.6 Å². The second kappa shape index (κ2) is 11.9. The van der Waals surface area contributed by atoms with E-state index in [1.165, 1.54) is 13.2 Å². The van der Waals surface area contributed by atoms with Gasteiger partial charge in [-0.25, -0.2) is 9.78 Å². The Hall–Kier alpha value is -5.20. The minimum atomic E-state index is -4.69. The van der Waals surface area contributed by atoms with Crippen molar-refractivity contribution < 1.29 is 27.5 Å². The van der Waals surface area contributed by atoms with Crippen LogP contribution in [0, 0.1) is 0 Å². The van der Waals surface area contributed by atoms with Crippen molar-refractivity contribution in [3.8, 4) is 11.1 Å². The molecule has 1 N–H and O–H groups in total. The molecule has 0 radical (unpaired) electrons. The van der Waals surface area contributed by atoms with Crippen LogP contribution in [0.15, 0.2) is 61.4 Å². The number of nitrogens with one attached hydrogen (secondary N) is 1. The molecular weight excluding hydrogens is 611 g/mol. The Labute approximate surface area is 269 Å². The number of hydrogen-bond acceptors (Lipinski definition) is 6. The summed E-state index contributed by atoms with van der Waals surface area (Å²) in [6, 6.07) is 8.95. The van der Waals surface area contributed by atoms with Crippen molar-refractivity contribution in [1.82, 2.24) is 24.3 Å². The summed E-state index contributed by atoms with van der Waals surface area (Å²) >= 11 is 0. The van der Waals surface area contributed by atoms with E-state index in [9.17, 15) is 22.8 Å². The van der Waals surface area contributed by atoms with Crippen LogP contribution in [0.25, 0.3) is 22.0 Å². The summed E-state index contributed by atoms with van der Waals surface area (Å²) in [6.45, 7) is 7.81. The molecule has 13 heteroatoms. The second-order valence-corrected chi connectivity index (χ2v) is 12.5. The van der Waals surface area contributed by atoms with Gasteiger partial charge in [0.25, 0.3) is 5.91 Å². The first kappa shape index (κ1) is 31.8. The number of fused-ring (bicyclic) bond motifs is 2. The number of benzene rings is 2. The Kier molecular flexibility index (Phi) is 8.02. The van der Waals surface area contributed by atoms with E-state index in [-0.39, 0.29) is 18.0 Å². The first-order valence-corrected chi connectivity index (χ1v) is 15.2. The van der Waals surface area contributed by atoms with Crippen molar-refractivity contribution in [2.75, 3.05) is 16.8 Å². The first-order valence-electron chi connectivity index (χ1n) is 15.2. The van der Waals surface area contributed by atoms with Crippen molar-refractivity contribution in [3.05, 3.63) is 89.4 Å². The molecule has 47 heavy (non-hydrogen) atoms. The van der Waals surface area contributed by atoms with E-state index in [0.29, 0.717) is 63.9 Å². The number of aryl methyl sites for hydroxylation is 2. The number of halogens is 3. The molecule has 0 aliphatic carbocycles. The van der Waals surface area contributed by atoms with Crippen molar-refractivity contribution in [1.29, 1.82) is 0 Å². The zero-order chi connectivity index (χ0) is 33.7. The van der Waals surface area contributed by atoms with Gasteiger partial charge in [0.15, 0.2) is 5.69 Å². The number of carbonyl (C=O) groups is 2. The van der Waals surface area contributed by atoms with Gasteiger partial charge in [0.05, 0.1) is 23.2 Å². The summed E-state index contributed by atoms with van der Waals surface area (Å²) in [5.74, 6) is -0.353. The summed E-state index contributed by atoms with van der Waals surface area (Å²) in [7, 11) is 1.44. The molecule has 244 valence electrons. The summed E-state index contributed by atoms with van der Waals surface area (Å²) in [5, 5.41) is 7.19. The zero-order valence-electron chi connectivity index (χ0n) is 26.6. The maximum Gasteiger partial charge on any atom is 0.435 e. The molecule has 5 aromatic rings. The van der Waals surface area contributed by atoms with Crippen LogP contribution in [0.2, 0.25) is 0 Å². The average molecular weight is 646 g/mol. The highest BCUT2D eigenvalue weighted by atomic mass is 19.4. The van der Waals surface area contributed by atoms with Crippen LogP contribution in [0.3, 0.4) is 0 Å². The molecule has 1 aliphatic heterocycles. The minimum absolute atomic E-state index is 0.0789. The third kappa shape index (κ3) is 6.42. The molecule has 0 unspecified atom stereocenters. The number of rotatable bonds is 6. The Morgan fingerprint density at radius 2 is 1.81 bits per heavy atom. The molecule has 0 bridgehead atoms. The fourth-order valence-corrected chi connectivity index (χ4v) is 5.96. The van der Waals surface area contributed by atoms with Crippen LogP contribution in [-0.2, 0) is 37.3 Å². The van der Waals surface area contributed by atoms with Gasteiger partial charge in [-0.2, -0.15) is 18.3 Å². The van der Waals surface area contributed by atoms with E-state index in [1.54, 1.807) is 73.4 Å². The van der Waals surface area contributed by atoms with Crippen molar-refractivity contribution in [3.63, 3.8) is 0 Å². The lowest BCUT2D eigenvalue weighted by atomic mass is 9.87. The lowest BCUT2D eigenvalue weighted by Crippen LogP contribution is -2.38. The summed E-state index contributed by atoms with van der Waals surface area (Å²) in [5.41, 5.74) is 2.41. The third-order valence-electron chi connectivity index (χ3n) is 7.90. The predicted molar refractivity (Wildman–Crippen MR) is 171 cm³/mol. The largest absolute Gasteiger partial charge is 0.444 e. The first-order chi connectivity index (χ1) is 22.2. The lowest BCUT2D eigenvalue weighted by Gasteiger charge is -2.31. The van der Waals surface area contributed by atoms with Gasteiger partial charge in [-0.15, -0.1) is 0 Å². The molecule has 4 heterocycles. The monoisotopic (exact) mass is 645 g/mol. The molecule has 2 amide bonds. The van der Waals surface area contributed by atoms with E-state index in [2.05, 4.69) is 20.4 Å². The number of pyridine rings is 1. The van der Waals surface area contributed by atoms with E-state index >= 15 is 0 Å². The number of imidazole rings is 1. The van der Waals surface area contributed by atoms with Gasteiger partial charge >= 0.3 is 12.3 Å². The van der Waals surface area contributed by atoms with Crippen LogP contribution in [-0.4, -0.2) is 48.5 Å². The number of nitrogens with zero attached hydrogens (tertiary/aromatic N) is 6. The fourth-order valence-electron chi connectivity index (χ4n) is 5.96. The van der Waals surface area contributed by atoms with E-state index in [4.69, 9.17) is 4.74 Å². The third-order valence-corrected chi connectivity index (χ3v) is 7.90. The molecule has 3 aromatic heterocycles. The van der Waals surface area contributed by atoms with E-state index in [1.807, 2.05) is 19.1 Å². The summed E-state index contributed by atoms with van der Waals surface area (Å²) in [4.78, 5) is 37.4. The molecule has 0 spiro atoms. The highest BCUT2D eigenvalue weighted by Crippen LogP contribution is 2.41. The normalized spacial score (nSPS) is 13.6. The summed E-state index contributed by atoms with van der Waals surface area (Å²) in [6.07, 6.45) is 3.51. The molecule has 6 rings (SSSR count). The van der Waals surface area contributed by atoms with Gasteiger partial charge in [0.2, 0.25) is 0 Å². The molecule has 0 saturated heterocycles. The van der Waals surface area contributed by atoms with Crippen molar-refractivity contribution in [2.24, 2.45) is 7.05 Å². The van der Waals surface area contributed by atoms with Crippen molar-refractivity contribution >= 4 is 34.3 Å². The molecule has 0 atom stereocenters. The standard InChI is InChI=1S/C34H34F3N7O3/c1-6-20-13-25-28(7-9-39-29(25)27(16-20)40-32(46)47-33(2,3)4)44-11-8-22-23(26-18-42(5)41-30(26)34(35,36)37)14-21(15-24(22)31(44)45)17-43-12-10-38-19-43/h7,9-10,12-16,18-19H,6,8,11,17H2,1-5H3,(H,40,46). The van der Waals surface area contributed by atoms with E-state index in [0.717, 1.165) is 10.2 Å². The van der Waals surface area contributed by atoms with Gasteiger partial charge in [0.1, 0.15) is 5.60 Å². The lowest BCUT2D eigenvalue weighted by molar-refractivity contribution is -0.141. The molecule has 0 fully saturated rings.